The van der Waals surface area contributed by atoms with Gasteiger partial charge >= 0.3 is 6.03 Å². The van der Waals surface area contributed by atoms with Crippen LogP contribution in [-0.4, -0.2) is 41.0 Å². The highest BCUT2D eigenvalue weighted by Gasteiger charge is 2.25. The third kappa shape index (κ3) is 4.40. The van der Waals surface area contributed by atoms with Crippen LogP contribution in [0.3, 0.4) is 0 Å². The van der Waals surface area contributed by atoms with E-state index >= 15 is 0 Å². The number of aliphatic hydroxyl groups is 1. The van der Waals surface area contributed by atoms with E-state index in [9.17, 15) is 9.90 Å². The number of thioether (sulfide) groups is 1. The van der Waals surface area contributed by atoms with Gasteiger partial charge in [0.25, 0.3) is 0 Å². The van der Waals surface area contributed by atoms with Gasteiger partial charge in [-0.1, -0.05) is 26.0 Å². The maximum atomic E-state index is 12.3. The van der Waals surface area contributed by atoms with Crippen molar-refractivity contribution in [2.75, 3.05) is 25.0 Å². The number of anilines is 1. The van der Waals surface area contributed by atoms with Crippen LogP contribution in [0.15, 0.2) is 18.2 Å². The summed E-state index contributed by atoms with van der Waals surface area (Å²) in [6.45, 7) is 7.97. The van der Waals surface area contributed by atoms with Crippen LogP contribution in [0.2, 0.25) is 0 Å². The molecule has 1 fully saturated rings. The van der Waals surface area contributed by atoms with Crippen LogP contribution in [0.5, 0.6) is 0 Å². The van der Waals surface area contributed by atoms with Gasteiger partial charge in [0.05, 0.1) is 0 Å². The van der Waals surface area contributed by atoms with Crippen LogP contribution in [-0.2, 0) is 5.75 Å². The van der Waals surface area contributed by atoms with E-state index in [4.69, 9.17) is 0 Å². The van der Waals surface area contributed by atoms with Crippen LogP contribution < -0.4 is 5.32 Å². The highest BCUT2D eigenvalue weighted by Crippen LogP contribution is 2.25. The van der Waals surface area contributed by atoms with E-state index in [1.807, 2.05) is 23.9 Å². The molecule has 1 aromatic carbocycles. The Bertz CT molecular complexity index is 519. The van der Waals surface area contributed by atoms with Gasteiger partial charge in [-0.3, -0.25) is 0 Å². The molecule has 1 aliphatic rings. The third-order valence-electron chi connectivity index (χ3n) is 4.09. The third-order valence-corrected chi connectivity index (χ3v) is 5.24. The smallest absolute Gasteiger partial charge is 0.321 e. The highest BCUT2D eigenvalue weighted by atomic mass is 32.2. The molecule has 2 rings (SSSR count). The number of carbonyl (C=O) groups excluding carboxylic acids is 1. The summed E-state index contributed by atoms with van der Waals surface area (Å²) in [5.74, 6) is 1.18. The molecule has 0 radical (unpaired) electrons. The molecule has 5 heteroatoms. The minimum absolute atomic E-state index is 0.0623. The monoisotopic (exact) mass is 322 g/mol. The summed E-state index contributed by atoms with van der Waals surface area (Å²) in [6.07, 6.45) is 0.883. The van der Waals surface area contributed by atoms with Crippen LogP contribution in [0.1, 0.15) is 31.4 Å². The molecule has 1 aliphatic heterocycles. The summed E-state index contributed by atoms with van der Waals surface area (Å²) in [5.41, 5.74) is 3.30. The molecule has 2 N–H and O–H groups in total. The van der Waals surface area contributed by atoms with E-state index in [0.29, 0.717) is 11.8 Å². The van der Waals surface area contributed by atoms with Crippen molar-refractivity contribution in [1.29, 1.82) is 0 Å². The summed E-state index contributed by atoms with van der Waals surface area (Å²) in [6, 6.07) is 6.01. The molecule has 2 amide bonds. The van der Waals surface area contributed by atoms with Gasteiger partial charge in [-0.2, -0.15) is 11.8 Å². The number of hydrogen-bond acceptors (Lipinski definition) is 3. The quantitative estimate of drug-likeness (QED) is 0.872. The average Bonchev–Trinajstić information content (AvgIpc) is 2.97. The summed E-state index contributed by atoms with van der Waals surface area (Å²) >= 11 is 1.90. The molecule has 0 aliphatic carbocycles. The predicted molar refractivity (Wildman–Crippen MR) is 93.4 cm³/mol. The molecule has 0 bridgehead atoms. The fourth-order valence-electron chi connectivity index (χ4n) is 2.59. The van der Waals surface area contributed by atoms with Gasteiger partial charge in [0.1, 0.15) is 0 Å². The Hall–Kier alpha value is -1.20. The molecule has 4 nitrogen and oxygen atoms in total. The molecule has 1 aromatic rings. The number of amides is 2. The Morgan fingerprint density at radius 3 is 2.91 bits per heavy atom. The van der Waals surface area contributed by atoms with Gasteiger partial charge in [0.15, 0.2) is 0 Å². The largest absolute Gasteiger partial charge is 0.396 e. The number of urea groups is 1. The minimum Gasteiger partial charge on any atom is -0.396 e. The maximum Gasteiger partial charge on any atom is 0.321 e. The number of benzene rings is 1. The molecular weight excluding hydrogens is 296 g/mol. The number of hydrogen-bond donors (Lipinski definition) is 2. The van der Waals surface area contributed by atoms with Crippen molar-refractivity contribution in [2.45, 2.75) is 38.2 Å². The topological polar surface area (TPSA) is 52.6 Å². The fraction of sp³-hybridized carbons (Fsp3) is 0.588. The second kappa shape index (κ2) is 7.88. The van der Waals surface area contributed by atoms with E-state index < -0.39 is 0 Å². The van der Waals surface area contributed by atoms with Gasteiger partial charge < -0.3 is 15.3 Å². The van der Waals surface area contributed by atoms with E-state index in [0.717, 1.165) is 30.0 Å². The second-order valence-corrected chi connectivity index (χ2v) is 7.73. The van der Waals surface area contributed by atoms with Crippen molar-refractivity contribution in [3.63, 3.8) is 0 Å². The summed E-state index contributed by atoms with van der Waals surface area (Å²) in [4.78, 5) is 14.1. The highest BCUT2D eigenvalue weighted by molar-refractivity contribution is 7.99. The second-order valence-electron chi connectivity index (χ2n) is 6.16. The first-order chi connectivity index (χ1) is 10.5. The van der Waals surface area contributed by atoms with Gasteiger partial charge in [0.2, 0.25) is 0 Å². The first-order valence-electron chi connectivity index (χ1n) is 7.88. The minimum atomic E-state index is -0.0623. The molecular formula is C17H26N2O2S. The number of rotatable bonds is 5. The molecule has 1 saturated heterocycles. The summed E-state index contributed by atoms with van der Waals surface area (Å²) in [5, 5.41) is 12.8. The first-order valence-corrected chi connectivity index (χ1v) is 8.93. The zero-order valence-electron chi connectivity index (χ0n) is 13.6. The van der Waals surface area contributed by atoms with E-state index in [2.05, 4.69) is 32.2 Å². The molecule has 0 aromatic heterocycles. The number of carbonyl (C=O) groups is 1. The SMILES string of the molecule is Cc1c(CSC(C)C)cccc1NC(=O)N1CCC(CO)C1. The van der Waals surface area contributed by atoms with Crippen molar-refractivity contribution in [3.05, 3.63) is 29.3 Å². The van der Waals surface area contributed by atoms with Gasteiger partial charge in [-0.05, 0) is 35.8 Å². The van der Waals surface area contributed by atoms with Gasteiger partial charge in [0, 0.05) is 37.1 Å². The molecule has 1 atom stereocenters. The van der Waals surface area contributed by atoms with Crippen LogP contribution >= 0.6 is 11.8 Å². The Kier molecular flexibility index (Phi) is 6.15. The molecule has 122 valence electrons. The molecule has 1 heterocycles. The molecule has 22 heavy (non-hydrogen) atoms. The molecule has 0 spiro atoms. The van der Waals surface area contributed by atoms with Crippen molar-refractivity contribution < 1.29 is 9.90 Å². The zero-order chi connectivity index (χ0) is 16.1. The lowest BCUT2D eigenvalue weighted by Gasteiger charge is -2.19. The van der Waals surface area contributed by atoms with Crippen LogP contribution in [0.25, 0.3) is 0 Å². The number of aliphatic hydroxyl groups excluding tert-OH is 1. The van der Waals surface area contributed by atoms with E-state index in [1.165, 1.54) is 5.56 Å². The summed E-state index contributed by atoms with van der Waals surface area (Å²) < 4.78 is 0. The molecule has 1 unspecified atom stereocenters. The van der Waals surface area contributed by atoms with E-state index in [-0.39, 0.29) is 18.6 Å². The summed E-state index contributed by atoms with van der Waals surface area (Å²) in [7, 11) is 0. The van der Waals surface area contributed by atoms with Gasteiger partial charge in [-0.25, -0.2) is 4.79 Å². The Morgan fingerprint density at radius 1 is 1.50 bits per heavy atom. The zero-order valence-corrected chi connectivity index (χ0v) is 14.4. The standard InChI is InChI=1S/C17H26N2O2S/c1-12(2)22-11-15-5-4-6-16(13(15)3)18-17(21)19-8-7-14(9-19)10-20/h4-6,12,14,20H,7-11H2,1-3H3,(H,18,21). The predicted octanol–water partition coefficient (Wildman–Crippen LogP) is 3.48. The average molecular weight is 322 g/mol. The normalized spacial score (nSPS) is 18.0. The van der Waals surface area contributed by atoms with Gasteiger partial charge in [-0.15, -0.1) is 0 Å². The van der Waals surface area contributed by atoms with E-state index in [1.54, 1.807) is 4.90 Å². The lowest BCUT2D eigenvalue weighted by molar-refractivity contribution is 0.208. The van der Waals surface area contributed by atoms with Crippen molar-refractivity contribution in [1.82, 2.24) is 4.90 Å². The first kappa shape index (κ1) is 17.2. The molecule has 0 saturated carbocycles. The maximum absolute atomic E-state index is 12.3. The van der Waals surface area contributed by atoms with Crippen molar-refractivity contribution in [3.8, 4) is 0 Å². The Morgan fingerprint density at radius 2 is 2.27 bits per heavy atom. The van der Waals surface area contributed by atoms with Crippen LogP contribution in [0.4, 0.5) is 10.5 Å². The lowest BCUT2D eigenvalue weighted by atomic mass is 10.1. The number of nitrogens with zero attached hydrogens (tertiary/aromatic N) is 1. The van der Waals surface area contributed by atoms with Crippen molar-refractivity contribution >= 4 is 23.5 Å². The number of nitrogens with one attached hydrogen (secondary N) is 1. The van der Waals surface area contributed by atoms with Crippen LogP contribution in [0, 0.1) is 12.8 Å². The Balaban J connectivity index is 2.00. The fourth-order valence-corrected chi connectivity index (χ4v) is 3.42. The Labute approximate surface area is 137 Å². The lowest BCUT2D eigenvalue weighted by Crippen LogP contribution is -2.33. The number of likely N-dealkylation sites (tertiary alicyclic amines) is 1. The van der Waals surface area contributed by atoms with Crippen molar-refractivity contribution in [2.24, 2.45) is 5.92 Å².